The van der Waals surface area contributed by atoms with Crippen LogP contribution in [0.25, 0.3) is 6.08 Å². The number of nitrogens with one attached hydrogen (secondary N) is 1. The molecule has 1 aromatic heterocycles. The second-order valence-corrected chi connectivity index (χ2v) is 6.75. The second kappa shape index (κ2) is 6.24. The number of carbonyl (C=O) groups excluding carboxylic acids is 1. The van der Waals surface area contributed by atoms with Gasteiger partial charge in [0.15, 0.2) is 11.5 Å². The van der Waals surface area contributed by atoms with Crippen molar-refractivity contribution in [1.82, 2.24) is 10.2 Å². The van der Waals surface area contributed by atoms with Crippen LogP contribution in [-0.2, 0) is 4.79 Å². The Morgan fingerprint density at radius 2 is 2.29 bits per heavy atom. The van der Waals surface area contributed by atoms with Gasteiger partial charge in [-0.1, -0.05) is 23.5 Å². The van der Waals surface area contributed by atoms with Gasteiger partial charge in [-0.2, -0.15) is 0 Å². The van der Waals surface area contributed by atoms with Gasteiger partial charge in [-0.3, -0.25) is 10.1 Å². The van der Waals surface area contributed by atoms with Crippen molar-refractivity contribution >= 4 is 28.5 Å². The second-order valence-electron chi connectivity index (χ2n) is 5.74. The van der Waals surface area contributed by atoms with Gasteiger partial charge in [0.25, 0.3) is 5.91 Å². The Bertz CT molecular complexity index is 811. The van der Waals surface area contributed by atoms with E-state index in [4.69, 9.17) is 9.47 Å². The zero-order chi connectivity index (χ0) is 16.5. The van der Waals surface area contributed by atoms with E-state index in [1.807, 2.05) is 31.2 Å². The minimum atomic E-state index is -0.207. The number of nitrogens with zero attached hydrogens (tertiary/aromatic N) is 2. The minimum absolute atomic E-state index is 0.206. The Labute approximate surface area is 143 Å². The average molecular weight is 343 g/mol. The van der Waals surface area contributed by atoms with Crippen LogP contribution < -0.4 is 14.8 Å². The first kappa shape index (κ1) is 15.1. The van der Waals surface area contributed by atoms with Crippen molar-refractivity contribution in [3.8, 4) is 11.5 Å². The van der Waals surface area contributed by atoms with Gasteiger partial charge in [-0.25, -0.2) is 0 Å². The van der Waals surface area contributed by atoms with E-state index in [2.05, 4.69) is 15.5 Å². The lowest BCUT2D eigenvalue weighted by Gasteiger charge is -2.19. The molecular formula is C17H17N3O3S. The van der Waals surface area contributed by atoms with Crippen LogP contribution in [0.15, 0.2) is 23.8 Å². The number of ether oxygens (including phenoxy) is 2. The van der Waals surface area contributed by atoms with Crippen molar-refractivity contribution in [2.24, 2.45) is 0 Å². The van der Waals surface area contributed by atoms with Gasteiger partial charge in [0, 0.05) is 11.5 Å². The van der Waals surface area contributed by atoms with Gasteiger partial charge >= 0.3 is 0 Å². The van der Waals surface area contributed by atoms with E-state index in [1.54, 1.807) is 0 Å². The van der Waals surface area contributed by atoms with Crippen LogP contribution >= 0.6 is 11.3 Å². The number of rotatable bonds is 5. The highest BCUT2D eigenvalue weighted by Crippen LogP contribution is 2.42. The largest absolute Gasteiger partial charge is 0.490 e. The summed E-state index contributed by atoms with van der Waals surface area (Å²) in [7, 11) is 0. The Hall–Kier alpha value is -2.41. The van der Waals surface area contributed by atoms with E-state index in [0.29, 0.717) is 34.7 Å². The lowest BCUT2D eigenvalue weighted by Crippen LogP contribution is -2.21. The molecule has 24 heavy (non-hydrogen) atoms. The Balaban J connectivity index is 1.51. The SMILES string of the molecule is CCOc1cccc2c1OCC(C(=O)Nc1nnc(C3CC3)s1)=C2. The number of para-hydroxylation sites is 1. The summed E-state index contributed by atoms with van der Waals surface area (Å²) in [5.41, 5.74) is 1.40. The smallest absolute Gasteiger partial charge is 0.256 e. The fourth-order valence-electron chi connectivity index (χ4n) is 2.54. The quantitative estimate of drug-likeness (QED) is 0.902. The van der Waals surface area contributed by atoms with Crippen LogP contribution in [0, 0.1) is 0 Å². The third kappa shape index (κ3) is 2.99. The molecule has 4 rings (SSSR count). The predicted molar refractivity (Wildman–Crippen MR) is 91.6 cm³/mol. The van der Waals surface area contributed by atoms with Crippen LogP contribution in [0.3, 0.4) is 0 Å². The first-order valence-corrected chi connectivity index (χ1v) is 8.80. The van der Waals surface area contributed by atoms with Gasteiger partial charge in [-0.05, 0) is 31.9 Å². The van der Waals surface area contributed by atoms with E-state index in [1.165, 1.54) is 24.2 Å². The lowest BCUT2D eigenvalue weighted by atomic mass is 10.1. The summed E-state index contributed by atoms with van der Waals surface area (Å²) in [4.78, 5) is 12.4. The van der Waals surface area contributed by atoms with Crippen molar-refractivity contribution in [1.29, 1.82) is 0 Å². The molecule has 1 saturated carbocycles. The minimum Gasteiger partial charge on any atom is -0.490 e. The molecule has 0 radical (unpaired) electrons. The molecule has 1 fully saturated rings. The van der Waals surface area contributed by atoms with Crippen LogP contribution in [0.1, 0.15) is 36.3 Å². The number of hydrogen-bond acceptors (Lipinski definition) is 6. The van der Waals surface area contributed by atoms with Crippen molar-refractivity contribution in [3.63, 3.8) is 0 Å². The van der Waals surface area contributed by atoms with Crippen molar-refractivity contribution in [3.05, 3.63) is 34.3 Å². The third-order valence-corrected chi connectivity index (χ3v) is 4.89. The molecule has 1 aromatic carbocycles. The van der Waals surface area contributed by atoms with Gasteiger partial charge in [0.2, 0.25) is 5.13 Å². The van der Waals surface area contributed by atoms with Gasteiger partial charge in [-0.15, -0.1) is 10.2 Å². The predicted octanol–water partition coefficient (Wildman–Crippen LogP) is 3.23. The third-order valence-electron chi connectivity index (χ3n) is 3.89. The maximum absolute atomic E-state index is 12.4. The molecule has 1 N–H and O–H groups in total. The highest BCUT2D eigenvalue weighted by Gasteiger charge is 2.28. The standard InChI is InChI=1S/C17H17N3O3S/c1-2-22-13-5-3-4-11-8-12(9-23-14(11)13)15(21)18-17-20-19-16(24-17)10-6-7-10/h3-5,8,10H,2,6-7,9H2,1H3,(H,18,20,21). The molecule has 0 atom stereocenters. The monoisotopic (exact) mass is 343 g/mol. The highest BCUT2D eigenvalue weighted by molar-refractivity contribution is 7.15. The Morgan fingerprint density at radius 1 is 1.42 bits per heavy atom. The number of benzene rings is 1. The molecule has 0 spiro atoms. The average Bonchev–Trinajstić information content (AvgIpc) is 3.35. The summed E-state index contributed by atoms with van der Waals surface area (Å²) in [6.07, 6.45) is 4.17. The first-order chi connectivity index (χ1) is 11.7. The Kier molecular flexibility index (Phi) is 3.93. The van der Waals surface area contributed by atoms with Gasteiger partial charge in [0.1, 0.15) is 11.6 Å². The van der Waals surface area contributed by atoms with Gasteiger partial charge < -0.3 is 9.47 Å². The topological polar surface area (TPSA) is 73.3 Å². The van der Waals surface area contributed by atoms with Crippen molar-refractivity contribution in [2.45, 2.75) is 25.7 Å². The van der Waals surface area contributed by atoms with E-state index in [0.717, 1.165) is 10.6 Å². The summed E-state index contributed by atoms with van der Waals surface area (Å²) < 4.78 is 11.3. The molecule has 1 aliphatic heterocycles. The molecule has 2 heterocycles. The molecule has 2 aromatic rings. The zero-order valence-corrected chi connectivity index (χ0v) is 14.1. The van der Waals surface area contributed by atoms with E-state index < -0.39 is 0 Å². The van der Waals surface area contributed by atoms with E-state index >= 15 is 0 Å². The molecule has 6 nitrogen and oxygen atoms in total. The van der Waals surface area contributed by atoms with Crippen molar-refractivity contribution in [2.75, 3.05) is 18.5 Å². The van der Waals surface area contributed by atoms with Crippen LogP contribution in [0.4, 0.5) is 5.13 Å². The van der Waals surface area contributed by atoms with E-state index in [9.17, 15) is 4.79 Å². The first-order valence-electron chi connectivity index (χ1n) is 7.98. The summed E-state index contributed by atoms with van der Waals surface area (Å²) in [5, 5.41) is 12.5. The van der Waals surface area contributed by atoms with Crippen LogP contribution in [-0.4, -0.2) is 29.3 Å². The number of anilines is 1. The van der Waals surface area contributed by atoms with Crippen LogP contribution in [0.5, 0.6) is 11.5 Å². The molecule has 7 heteroatoms. The summed E-state index contributed by atoms with van der Waals surface area (Å²) in [5.74, 6) is 1.71. The van der Waals surface area contributed by atoms with E-state index in [-0.39, 0.29) is 12.5 Å². The maximum Gasteiger partial charge on any atom is 0.256 e. The fourth-order valence-corrected chi connectivity index (χ4v) is 3.45. The molecule has 0 unspecified atom stereocenters. The van der Waals surface area contributed by atoms with Gasteiger partial charge in [0.05, 0.1) is 12.2 Å². The lowest BCUT2D eigenvalue weighted by molar-refractivity contribution is -0.113. The molecule has 2 aliphatic rings. The number of aromatic nitrogens is 2. The number of amides is 1. The number of carbonyl (C=O) groups is 1. The number of fused-ring (bicyclic) bond motifs is 1. The fraction of sp³-hybridized carbons (Fsp3) is 0.353. The Morgan fingerprint density at radius 3 is 3.08 bits per heavy atom. The molecule has 0 bridgehead atoms. The summed E-state index contributed by atoms with van der Waals surface area (Å²) in [6, 6.07) is 5.65. The summed E-state index contributed by atoms with van der Waals surface area (Å²) >= 11 is 1.45. The summed E-state index contributed by atoms with van der Waals surface area (Å²) in [6.45, 7) is 2.70. The van der Waals surface area contributed by atoms with Crippen molar-refractivity contribution < 1.29 is 14.3 Å². The molecule has 1 aliphatic carbocycles. The highest BCUT2D eigenvalue weighted by atomic mass is 32.1. The zero-order valence-electron chi connectivity index (χ0n) is 13.2. The molecule has 124 valence electrons. The molecule has 1 amide bonds. The van der Waals surface area contributed by atoms with Crippen LogP contribution in [0.2, 0.25) is 0 Å². The maximum atomic E-state index is 12.4. The molecule has 0 saturated heterocycles. The molecular weight excluding hydrogens is 326 g/mol. The normalized spacial score (nSPS) is 16.0. The number of hydrogen-bond donors (Lipinski definition) is 1.